The van der Waals surface area contributed by atoms with Gasteiger partial charge in [0.05, 0.1) is 5.56 Å². The Balaban J connectivity index is 1.44. The van der Waals surface area contributed by atoms with E-state index in [-0.39, 0.29) is 10.5 Å². The second-order valence-corrected chi connectivity index (χ2v) is 9.30. The topological polar surface area (TPSA) is 110 Å². The lowest BCUT2D eigenvalue weighted by molar-refractivity contribution is -0.148. The Morgan fingerprint density at radius 2 is 1.74 bits per heavy atom. The number of nitrogens with one attached hydrogen (secondary N) is 1. The zero-order chi connectivity index (χ0) is 22.6. The van der Waals surface area contributed by atoms with E-state index in [9.17, 15) is 22.8 Å². The maximum atomic E-state index is 12.4. The fourth-order valence-corrected chi connectivity index (χ4v) is 4.68. The van der Waals surface area contributed by atoms with Crippen molar-refractivity contribution in [3.63, 3.8) is 0 Å². The molecule has 3 rings (SSSR count). The first kappa shape index (κ1) is 22.5. The van der Waals surface area contributed by atoms with Gasteiger partial charge in [-0.15, -0.1) is 0 Å². The van der Waals surface area contributed by atoms with E-state index in [2.05, 4.69) is 31.3 Å². The molecule has 0 fully saturated rings. The summed E-state index contributed by atoms with van der Waals surface area (Å²) in [7, 11) is -4.10. The predicted octanol–water partition coefficient (Wildman–Crippen LogP) is 1.86. The molecule has 9 heteroatoms. The van der Waals surface area contributed by atoms with Crippen molar-refractivity contribution in [2.75, 3.05) is 19.7 Å². The summed E-state index contributed by atoms with van der Waals surface area (Å²) in [6, 6.07) is 13.8. The minimum atomic E-state index is -4.10. The largest absolute Gasteiger partial charge is 0.454 e. The molecule has 1 N–H and O–H groups in total. The Kier molecular flexibility index (Phi) is 6.74. The van der Waals surface area contributed by atoms with Crippen LogP contribution in [0.3, 0.4) is 0 Å². The number of sulfonamides is 1. The first-order valence-electron chi connectivity index (χ1n) is 9.87. The van der Waals surface area contributed by atoms with Gasteiger partial charge in [-0.05, 0) is 35.6 Å². The van der Waals surface area contributed by atoms with Crippen LogP contribution >= 0.6 is 0 Å². The van der Waals surface area contributed by atoms with Crippen LogP contribution in [-0.2, 0) is 30.8 Å². The van der Waals surface area contributed by atoms with Crippen molar-refractivity contribution in [2.45, 2.75) is 31.1 Å². The quantitative estimate of drug-likeness (QED) is 0.623. The molecular formula is C22H24N2O6S. The van der Waals surface area contributed by atoms with Crippen molar-refractivity contribution in [1.82, 2.24) is 9.62 Å². The van der Waals surface area contributed by atoms with Gasteiger partial charge in [-0.25, -0.2) is 12.7 Å². The lowest BCUT2D eigenvalue weighted by Gasteiger charge is -2.14. The van der Waals surface area contributed by atoms with Gasteiger partial charge in [-0.1, -0.05) is 50.2 Å². The number of amides is 2. The Morgan fingerprint density at radius 3 is 2.39 bits per heavy atom. The first-order chi connectivity index (χ1) is 14.7. The fourth-order valence-electron chi connectivity index (χ4n) is 3.16. The number of rotatable bonds is 8. The molecule has 0 bridgehead atoms. The molecule has 0 unspecified atom stereocenters. The van der Waals surface area contributed by atoms with E-state index in [4.69, 9.17) is 4.74 Å². The molecule has 8 nitrogen and oxygen atoms in total. The normalized spacial score (nSPS) is 14.4. The molecule has 0 aromatic heterocycles. The van der Waals surface area contributed by atoms with Crippen LogP contribution in [0.5, 0.6) is 0 Å². The fraction of sp³-hybridized carbons (Fsp3) is 0.318. The van der Waals surface area contributed by atoms with Gasteiger partial charge in [0.1, 0.15) is 11.4 Å². The highest BCUT2D eigenvalue weighted by Gasteiger charge is 2.42. The molecule has 2 aromatic rings. The van der Waals surface area contributed by atoms with Crippen molar-refractivity contribution in [2.24, 2.45) is 0 Å². The van der Waals surface area contributed by atoms with Gasteiger partial charge in [0.2, 0.25) is 0 Å². The summed E-state index contributed by atoms with van der Waals surface area (Å²) < 4.78 is 30.1. The predicted molar refractivity (Wildman–Crippen MR) is 113 cm³/mol. The molecule has 1 aliphatic heterocycles. The Hall–Kier alpha value is -3.20. The highest BCUT2D eigenvalue weighted by Crippen LogP contribution is 2.29. The van der Waals surface area contributed by atoms with Crippen LogP contribution < -0.4 is 5.32 Å². The standard InChI is InChI=1S/C22H24N2O6S/c1-15(2)17-9-7-16(8-10-17)11-12-23-20(25)14-30-21(26)13-24-22(27)18-5-3-4-6-19(18)31(24,28)29/h3-10,15H,11-14H2,1-2H3,(H,23,25). The van der Waals surface area contributed by atoms with Crippen molar-refractivity contribution in [3.8, 4) is 0 Å². The number of ether oxygens (including phenoxy) is 1. The molecular weight excluding hydrogens is 420 g/mol. The molecule has 31 heavy (non-hydrogen) atoms. The molecule has 1 aliphatic rings. The van der Waals surface area contributed by atoms with Gasteiger partial charge in [0.15, 0.2) is 6.61 Å². The SMILES string of the molecule is CC(C)c1ccc(CCNC(=O)COC(=O)CN2C(=O)c3ccccc3S2(=O)=O)cc1. The van der Waals surface area contributed by atoms with E-state index in [0.29, 0.717) is 23.2 Å². The Labute approximate surface area is 181 Å². The van der Waals surface area contributed by atoms with Crippen molar-refractivity contribution < 1.29 is 27.5 Å². The number of benzene rings is 2. The summed E-state index contributed by atoms with van der Waals surface area (Å²) in [4.78, 5) is 36.0. The van der Waals surface area contributed by atoms with Crippen LogP contribution in [0.1, 0.15) is 41.3 Å². The summed E-state index contributed by atoms with van der Waals surface area (Å²) in [6.07, 6.45) is 0.622. The van der Waals surface area contributed by atoms with Crippen molar-refractivity contribution in [1.29, 1.82) is 0 Å². The van der Waals surface area contributed by atoms with Crippen molar-refractivity contribution in [3.05, 3.63) is 65.2 Å². The van der Waals surface area contributed by atoms with Gasteiger partial charge in [-0.3, -0.25) is 14.4 Å². The van der Waals surface area contributed by atoms with Crippen molar-refractivity contribution >= 4 is 27.8 Å². The van der Waals surface area contributed by atoms with E-state index in [1.54, 1.807) is 0 Å². The molecule has 1 heterocycles. The van der Waals surface area contributed by atoms with Gasteiger partial charge in [-0.2, -0.15) is 0 Å². The van der Waals surface area contributed by atoms with E-state index in [1.807, 2.05) is 12.1 Å². The third-order valence-electron chi connectivity index (χ3n) is 4.93. The smallest absolute Gasteiger partial charge is 0.327 e. The lowest BCUT2D eigenvalue weighted by Crippen LogP contribution is -2.37. The monoisotopic (exact) mass is 444 g/mol. The van der Waals surface area contributed by atoms with E-state index < -0.39 is 41.0 Å². The molecule has 164 valence electrons. The summed E-state index contributed by atoms with van der Waals surface area (Å²) >= 11 is 0. The Bertz CT molecular complexity index is 1090. The number of hydrogen-bond donors (Lipinski definition) is 1. The third kappa shape index (κ3) is 5.11. The molecule has 0 aliphatic carbocycles. The Morgan fingerprint density at radius 1 is 1.06 bits per heavy atom. The second kappa shape index (κ2) is 9.30. The number of fused-ring (bicyclic) bond motifs is 1. The maximum Gasteiger partial charge on any atom is 0.327 e. The molecule has 0 spiro atoms. The summed E-state index contributed by atoms with van der Waals surface area (Å²) in [5, 5.41) is 2.64. The zero-order valence-corrected chi connectivity index (χ0v) is 18.1. The number of nitrogens with zero attached hydrogens (tertiary/aromatic N) is 1. The molecule has 0 radical (unpaired) electrons. The van der Waals surface area contributed by atoms with Crippen LogP contribution in [-0.4, -0.2) is 50.2 Å². The third-order valence-corrected chi connectivity index (χ3v) is 6.72. The van der Waals surface area contributed by atoms with Gasteiger partial charge < -0.3 is 10.1 Å². The maximum absolute atomic E-state index is 12.4. The molecule has 2 amide bonds. The van der Waals surface area contributed by atoms with E-state index >= 15 is 0 Å². The van der Waals surface area contributed by atoms with Gasteiger partial charge in [0.25, 0.3) is 21.8 Å². The number of carbonyl (C=O) groups is 3. The highest BCUT2D eigenvalue weighted by atomic mass is 32.2. The number of hydrogen-bond acceptors (Lipinski definition) is 6. The first-order valence-corrected chi connectivity index (χ1v) is 11.3. The van der Waals surface area contributed by atoms with Crippen LogP contribution in [0.25, 0.3) is 0 Å². The van der Waals surface area contributed by atoms with Crippen LogP contribution in [0.15, 0.2) is 53.4 Å². The summed E-state index contributed by atoms with van der Waals surface area (Å²) in [5.41, 5.74) is 2.31. The molecule has 0 saturated carbocycles. The van der Waals surface area contributed by atoms with E-state index in [1.165, 1.54) is 29.8 Å². The average molecular weight is 445 g/mol. The summed E-state index contributed by atoms with van der Waals surface area (Å²) in [5.74, 6) is -1.83. The van der Waals surface area contributed by atoms with Gasteiger partial charge >= 0.3 is 5.97 Å². The molecule has 2 aromatic carbocycles. The number of carbonyl (C=O) groups excluding carboxylic acids is 3. The van der Waals surface area contributed by atoms with E-state index in [0.717, 1.165) is 5.56 Å². The minimum absolute atomic E-state index is 0.00877. The zero-order valence-electron chi connectivity index (χ0n) is 17.3. The molecule has 0 atom stereocenters. The lowest BCUT2D eigenvalue weighted by atomic mass is 10.0. The highest BCUT2D eigenvalue weighted by molar-refractivity contribution is 7.90. The van der Waals surface area contributed by atoms with Crippen LogP contribution in [0, 0.1) is 0 Å². The number of esters is 1. The van der Waals surface area contributed by atoms with Gasteiger partial charge in [0, 0.05) is 6.54 Å². The molecule has 0 saturated heterocycles. The average Bonchev–Trinajstić information content (AvgIpc) is 2.93. The second-order valence-electron chi connectivity index (χ2n) is 7.47. The van der Waals surface area contributed by atoms with Crippen LogP contribution in [0.4, 0.5) is 0 Å². The minimum Gasteiger partial charge on any atom is -0.454 e. The van der Waals surface area contributed by atoms with Crippen LogP contribution in [0.2, 0.25) is 0 Å². The summed E-state index contributed by atoms with van der Waals surface area (Å²) in [6.45, 7) is 3.26.